The van der Waals surface area contributed by atoms with Crippen LogP contribution in [-0.2, 0) is 29.4 Å². The highest BCUT2D eigenvalue weighted by Gasteiger charge is 2.27. The minimum Gasteiger partial charge on any atom is -0.478 e. The monoisotopic (exact) mass is 585 g/mol. The number of anilines is 2. The van der Waals surface area contributed by atoms with Gasteiger partial charge in [-0.2, -0.15) is 0 Å². The largest absolute Gasteiger partial charge is 0.478 e. The minimum atomic E-state index is -1.43. The van der Waals surface area contributed by atoms with Crippen LogP contribution in [0.25, 0.3) is 0 Å². The van der Waals surface area contributed by atoms with Crippen LogP contribution in [0.3, 0.4) is 0 Å². The summed E-state index contributed by atoms with van der Waals surface area (Å²) in [5, 5.41) is 32.4. The van der Waals surface area contributed by atoms with Crippen molar-refractivity contribution >= 4 is 28.9 Å². The molecule has 222 valence electrons. The summed E-state index contributed by atoms with van der Waals surface area (Å²) in [5.41, 5.74) is 9.18. The minimum absolute atomic E-state index is 0.0716. The number of carbonyl (C=O) groups excluding carboxylic acids is 1. The average molecular weight is 586 g/mol. The highest BCUT2D eigenvalue weighted by atomic mass is 17.1. The van der Waals surface area contributed by atoms with Gasteiger partial charge >= 0.3 is 5.97 Å². The van der Waals surface area contributed by atoms with Crippen molar-refractivity contribution in [2.24, 2.45) is 0 Å². The fourth-order valence-electron chi connectivity index (χ4n) is 4.82. The molecule has 0 aliphatic rings. The fourth-order valence-corrected chi connectivity index (χ4v) is 4.82. The molecule has 0 aromatic heterocycles. The number of carboxylic acids is 1. The van der Waals surface area contributed by atoms with Crippen LogP contribution >= 0.6 is 0 Å². The van der Waals surface area contributed by atoms with Gasteiger partial charge in [0.1, 0.15) is 18.8 Å². The number of aromatic carboxylic acids is 1. The van der Waals surface area contributed by atoms with Gasteiger partial charge in [-0.25, -0.2) is 9.68 Å². The number of carbonyl (C=O) groups is 2. The molecule has 0 bridgehead atoms. The van der Waals surface area contributed by atoms with Crippen molar-refractivity contribution < 1.29 is 34.6 Å². The van der Waals surface area contributed by atoms with E-state index < -0.39 is 33.6 Å². The molecule has 1 amide bonds. The summed E-state index contributed by atoms with van der Waals surface area (Å²) in [5.74, 6) is -2.31. The Morgan fingerprint density at radius 3 is 2.12 bits per heavy atom. The van der Waals surface area contributed by atoms with Crippen LogP contribution in [0.15, 0.2) is 72.8 Å². The van der Waals surface area contributed by atoms with Crippen molar-refractivity contribution in [1.82, 2.24) is 0 Å². The van der Waals surface area contributed by atoms with Crippen LogP contribution < -0.4 is 10.8 Å². The number of nitro benzene ring substituents is 1. The third-order valence-electron chi connectivity index (χ3n) is 7.06. The van der Waals surface area contributed by atoms with Gasteiger partial charge in [0.2, 0.25) is 0 Å². The number of hydrogen-bond acceptors (Lipinski definition) is 8. The molecule has 43 heavy (non-hydrogen) atoms. The molecule has 0 fully saturated rings. The number of hydrogen-bond donors (Lipinski definition) is 4. The van der Waals surface area contributed by atoms with Crippen molar-refractivity contribution in [3.63, 3.8) is 0 Å². The van der Waals surface area contributed by atoms with E-state index in [2.05, 4.69) is 15.7 Å². The van der Waals surface area contributed by atoms with Gasteiger partial charge in [0.05, 0.1) is 16.2 Å². The van der Waals surface area contributed by atoms with Crippen LogP contribution in [0.4, 0.5) is 17.1 Å². The first-order chi connectivity index (χ1) is 20.6. The summed E-state index contributed by atoms with van der Waals surface area (Å²) in [6.45, 7) is 6.07. The molecule has 0 aliphatic carbocycles. The van der Waals surface area contributed by atoms with Gasteiger partial charge in [0.25, 0.3) is 11.6 Å². The number of amides is 1. The van der Waals surface area contributed by atoms with Crippen molar-refractivity contribution in [1.29, 1.82) is 0 Å². The summed E-state index contributed by atoms with van der Waals surface area (Å²) in [7, 11) is 0. The van der Waals surface area contributed by atoms with E-state index in [4.69, 9.17) is 10.1 Å². The molecule has 0 unspecified atom stereocenters. The van der Waals surface area contributed by atoms with Gasteiger partial charge in [0, 0.05) is 11.8 Å². The Bertz CT molecular complexity index is 1650. The Morgan fingerprint density at radius 1 is 0.860 bits per heavy atom. The highest BCUT2D eigenvalue weighted by molar-refractivity contribution is 6.13. The molecule has 4 rings (SSSR count). The molecule has 0 radical (unpaired) electrons. The SMILES string of the molecule is Cc1cc(Cc2ccc(NC(=O)c3c(C(=O)O)cccc3[N+](=O)[O-])c(C)c2)ccc1NOCc1c(C)cccc1COO. The van der Waals surface area contributed by atoms with Crippen LogP contribution in [0.2, 0.25) is 0 Å². The van der Waals surface area contributed by atoms with E-state index in [-0.39, 0.29) is 13.2 Å². The predicted molar refractivity (Wildman–Crippen MR) is 160 cm³/mol. The predicted octanol–water partition coefficient (Wildman–Crippen LogP) is 6.59. The third-order valence-corrected chi connectivity index (χ3v) is 7.06. The van der Waals surface area contributed by atoms with Crippen LogP contribution in [0, 0.1) is 30.9 Å². The molecule has 11 nitrogen and oxygen atoms in total. The Kier molecular flexibility index (Phi) is 9.83. The number of nitrogens with one attached hydrogen (secondary N) is 2. The Labute approximate surface area is 247 Å². The molecule has 0 heterocycles. The molecular formula is C32H31N3O8. The van der Waals surface area contributed by atoms with E-state index in [1.807, 2.05) is 62.4 Å². The summed E-state index contributed by atoms with van der Waals surface area (Å²) in [4.78, 5) is 45.3. The zero-order valence-corrected chi connectivity index (χ0v) is 23.8. The number of nitrogens with zero attached hydrogens (tertiary/aromatic N) is 1. The van der Waals surface area contributed by atoms with E-state index in [1.54, 1.807) is 13.0 Å². The number of rotatable bonds is 12. The third kappa shape index (κ3) is 7.41. The maximum absolute atomic E-state index is 13.0. The van der Waals surface area contributed by atoms with E-state index in [0.29, 0.717) is 17.7 Å². The standard InChI is InChI=1S/C32H31N3O8/c1-19-6-4-7-24(17-43-41)26(19)18-42-34-28-13-11-23(15-21(28)3)16-22-10-12-27(20(2)14-22)33-31(36)30-25(32(37)38)8-5-9-29(30)35(39)40/h4-15,34,41H,16-18H2,1-3H3,(H,33,36)(H,37,38). The van der Waals surface area contributed by atoms with Gasteiger partial charge in [-0.05, 0) is 84.3 Å². The second-order valence-electron chi connectivity index (χ2n) is 10.1. The zero-order chi connectivity index (χ0) is 31.1. The summed E-state index contributed by atoms with van der Waals surface area (Å²) >= 11 is 0. The van der Waals surface area contributed by atoms with Gasteiger partial charge in [-0.1, -0.05) is 48.5 Å². The van der Waals surface area contributed by atoms with Crippen molar-refractivity contribution in [3.8, 4) is 0 Å². The molecule has 4 N–H and O–H groups in total. The second kappa shape index (κ2) is 13.7. The molecule has 0 spiro atoms. The first kappa shape index (κ1) is 30.8. The number of benzene rings is 4. The molecule has 4 aromatic carbocycles. The van der Waals surface area contributed by atoms with E-state index in [1.165, 1.54) is 6.07 Å². The zero-order valence-electron chi connectivity index (χ0n) is 23.8. The highest BCUT2D eigenvalue weighted by Crippen LogP contribution is 2.26. The van der Waals surface area contributed by atoms with Crippen molar-refractivity contribution in [3.05, 3.63) is 133 Å². The first-order valence-corrected chi connectivity index (χ1v) is 13.3. The van der Waals surface area contributed by atoms with Gasteiger partial charge in [-0.3, -0.25) is 30.5 Å². The molecule has 0 aliphatic heterocycles. The average Bonchev–Trinajstić information content (AvgIpc) is 2.96. The number of aryl methyl sites for hydroxylation is 3. The van der Waals surface area contributed by atoms with Gasteiger partial charge in [0.15, 0.2) is 0 Å². The molecule has 0 saturated carbocycles. The summed E-state index contributed by atoms with van der Waals surface area (Å²) in [6, 6.07) is 20.6. The van der Waals surface area contributed by atoms with Crippen LogP contribution in [-0.4, -0.2) is 27.2 Å². The van der Waals surface area contributed by atoms with Crippen LogP contribution in [0.1, 0.15) is 59.7 Å². The molecular weight excluding hydrogens is 554 g/mol. The number of nitro groups is 1. The topological polar surface area (TPSA) is 160 Å². The normalized spacial score (nSPS) is 10.8. The smallest absolute Gasteiger partial charge is 0.336 e. The second-order valence-corrected chi connectivity index (χ2v) is 10.1. The Morgan fingerprint density at radius 2 is 1.51 bits per heavy atom. The van der Waals surface area contributed by atoms with Crippen molar-refractivity contribution in [2.75, 3.05) is 10.8 Å². The lowest BCUT2D eigenvalue weighted by Crippen LogP contribution is -2.19. The summed E-state index contributed by atoms with van der Waals surface area (Å²) in [6.07, 6.45) is 0.609. The molecule has 0 saturated heterocycles. The Balaban J connectivity index is 1.42. The first-order valence-electron chi connectivity index (χ1n) is 13.3. The van der Waals surface area contributed by atoms with E-state index in [9.17, 15) is 24.8 Å². The van der Waals surface area contributed by atoms with E-state index >= 15 is 0 Å². The van der Waals surface area contributed by atoms with Gasteiger partial charge in [-0.15, -0.1) is 0 Å². The van der Waals surface area contributed by atoms with Crippen LogP contribution in [0.5, 0.6) is 0 Å². The molecule has 4 aromatic rings. The number of carboxylic acid groups (broad SMARTS) is 1. The van der Waals surface area contributed by atoms with E-state index in [0.717, 1.165) is 51.2 Å². The quantitative estimate of drug-likeness (QED) is 0.0816. The molecule has 0 atom stereocenters. The Hall–Kier alpha value is -5.10. The summed E-state index contributed by atoms with van der Waals surface area (Å²) < 4.78 is 0. The maximum Gasteiger partial charge on any atom is 0.336 e. The van der Waals surface area contributed by atoms with Gasteiger partial charge < -0.3 is 10.4 Å². The lowest BCUT2D eigenvalue weighted by Gasteiger charge is -2.15. The lowest BCUT2D eigenvalue weighted by atomic mass is 10.00. The fraction of sp³-hybridized carbons (Fsp3) is 0.188. The van der Waals surface area contributed by atoms with Crippen molar-refractivity contribution in [2.45, 2.75) is 40.4 Å². The lowest BCUT2D eigenvalue weighted by molar-refractivity contribution is -0.385. The maximum atomic E-state index is 13.0. The molecule has 11 heteroatoms.